The summed E-state index contributed by atoms with van der Waals surface area (Å²) in [5, 5.41) is 0. The number of rotatable bonds is 3. The zero-order valence-electron chi connectivity index (χ0n) is 8.90. The summed E-state index contributed by atoms with van der Waals surface area (Å²) in [4.78, 5) is 11.2. The van der Waals surface area contributed by atoms with Gasteiger partial charge in [-0.2, -0.15) is 13.2 Å². The first kappa shape index (κ1) is 15.6. The van der Waals surface area contributed by atoms with Gasteiger partial charge in [-0.1, -0.05) is 0 Å². The summed E-state index contributed by atoms with van der Waals surface area (Å²) >= 11 is 5.15. The molecule has 0 saturated carbocycles. The Kier molecular flexibility index (Phi) is 4.34. The molecule has 0 aliphatic carbocycles. The Morgan fingerprint density at radius 1 is 1.16 bits per heavy atom. The van der Waals surface area contributed by atoms with E-state index in [-0.39, 0.29) is 6.07 Å². The normalized spacial score (nSPS) is 12.4. The van der Waals surface area contributed by atoms with Gasteiger partial charge in [0.25, 0.3) is 0 Å². The van der Waals surface area contributed by atoms with Gasteiger partial charge in [-0.05, 0) is 18.2 Å². The molecule has 0 saturated heterocycles. The SMILES string of the molecule is O=C(CCl)c1ccc(C(F)(F)F)cc1OC(F)(F)F. The minimum absolute atomic E-state index is 0.104. The van der Waals surface area contributed by atoms with Crippen LogP contribution in [-0.4, -0.2) is 18.0 Å². The Labute approximate surface area is 107 Å². The van der Waals surface area contributed by atoms with Gasteiger partial charge in [-0.25, -0.2) is 0 Å². The minimum Gasteiger partial charge on any atom is -0.405 e. The molecular formula is C10H5ClF6O2. The fourth-order valence-electron chi connectivity index (χ4n) is 1.21. The minimum atomic E-state index is -5.22. The van der Waals surface area contributed by atoms with Crippen LogP contribution in [0.3, 0.4) is 0 Å². The van der Waals surface area contributed by atoms with Crippen molar-refractivity contribution in [2.24, 2.45) is 0 Å². The summed E-state index contributed by atoms with van der Waals surface area (Å²) in [6.45, 7) is 0. The van der Waals surface area contributed by atoms with E-state index in [1.807, 2.05) is 0 Å². The molecule has 0 atom stereocenters. The third-order valence-electron chi connectivity index (χ3n) is 1.96. The summed E-state index contributed by atoms with van der Waals surface area (Å²) in [5.74, 6) is -2.89. The van der Waals surface area contributed by atoms with Crippen LogP contribution in [0.2, 0.25) is 0 Å². The zero-order valence-corrected chi connectivity index (χ0v) is 9.66. The predicted molar refractivity (Wildman–Crippen MR) is 53.2 cm³/mol. The van der Waals surface area contributed by atoms with Gasteiger partial charge in [0.2, 0.25) is 0 Å². The zero-order chi connectivity index (χ0) is 14.8. The van der Waals surface area contributed by atoms with E-state index in [0.29, 0.717) is 12.1 Å². The number of ether oxygens (including phenoxy) is 1. The third kappa shape index (κ3) is 4.30. The highest BCUT2D eigenvalue weighted by Crippen LogP contribution is 2.35. The lowest BCUT2D eigenvalue weighted by Crippen LogP contribution is -2.20. The van der Waals surface area contributed by atoms with Crippen molar-refractivity contribution in [1.29, 1.82) is 0 Å². The van der Waals surface area contributed by atoms with Crippen molar-refractivity contribution < 1.29 is 35.9 Å². The van der Waals surface area contributed by atoms with Gasteiger partial charge in [-0.15, -0.1) is 24.8 Å². The van der Waals surface area contributed by atoms with Crippen molar-refractivity contribution in [3.05, 3.63) is 29.3 Å². The van der Waals surface area contributed by atoms with Gasteiger partial charge in [0.05, 0.1) is 17.0 Å². The Morgan fingerprint density at radius 3 is 2.16 bits per heavy atom. The number of carbonyl (C=O) groups is 1. The second-order valence-electron chi connectivity index (χ2n) is 3.31. The number of Topliss-reactive ketones (excluding diaryl/α,β-unsaturated/α-hetero) is 1. The first-order chi connectivity index (χ1) is 8.54. The van der Waals surface area contributed by atoms with Crippen LogP contribution < -0.4 is 4.74 Å². The van der Waals surface area contributed by atoms with Gasteiger partial charge in [0, 0.05) is 0 Å². The summed E-state index contributed by atoms with van der Waals surface area (Å²) in [6, 6.07) is 1.17. The number of carbonyl (C=O) groups excluding carboxylic acids is 1. The van der Waals surface area contributed by atoms with E-state index in [2.05, 4.69) is 4.74 Å². The molecule has 2 nitrogen and oxygen atoms in total. The van der Waals surface area contributed by atoms with Crippen molar-refractivity contribution in [2.75, 3.05) is 5.88 Å². The quantitative estimate of drug-likeness (QED) is 0.479. The number of ketones is 1. The monoisotopic (exact) mass is 306 g/mol. The Hall–Kier alpha value is -1.44. The standard InChI is InChI=1S/C10H5ClF6O2/c11-4-7(18)6-2-1-5(9(12,13)14)3-8(6)19-10(15,16)17/h1-3H,4H2. The fraction of sp³-hybridized carbons (Fsp3) is 0.300. The van der Waals surface area contributed by atoms with E-state index in [4.69, 9.17) is 11.6 Å². The van der Waals surface area contributed by atoms with Gasteiger partial charge in [-0.3, -0.25) is 4.79 Å². The summed E-state index contributed by atoms with van der Waals surface area (Å²) in [7, 11) is 0. The van der Waals surface area contributed by atoms with Crippen LogP contribution in [0, 0.1) is 0 Å². The molecule has 106 valence electrons. The van der Waals surface area contributed by atoms with Crippen molar-refractivity contribution in [3.8, 4) is 5.75 Å². The van der Waals surface area contributed by atoms with E-state index >= 15 is 0 Å². The van der Waals surface area contributed by atoms with Gasteiger partial charge in [0.15, 0.2) is 5.78 Å². The van der Waals surface area contributed by atoms with Crippen molar-refractivity contribution in [2.45, 2.75) is 12.5 Å². The largest absolute Gasteiger partial charge is 0.573 e. The number of hydrogen-bond acceptors (Lipinski definition) is 2. The molecule has 0 unspecified atom stereocenters. The summed E-state index contributed by atoms with van der Waals surface area (Å²) in [5.41, 5.74) is -2.03. The smallest absolute Gasteiger partial charge is 0.405 e. The van der Waals surface area contributed by atoms with E-state index < -0.39 is 41.1 Å². The number of alkyl halides is 7. The van der Waals surface area contributed by atoms with E-state index in [1.54, 1.807) is 0 Å². The lowest BCUT2D eigenvalue weighted by atomic mass is 10.1. The second-order valence-corrected chi connectivity index (χ2v) is 3.58. The molecule has 0 fully saturated rings. The molecule has 0 spiro atoms. The van der Waals surface area contributed by atoms with E-state index in [0.717, 1.165) is 0 Å². The average Bonchev–Trinajstić information content (AvgIpc) is 2.24. The van der Waals surface area contributed by atoms with Crippen LogP contribution in [0.4, 0.5) is 26.3 Å². The van der Waals surface area contributed by atoms with Crippen LogP contribution in [0.5, 0.6) is 5.75 Å². The Bertz CT molecular complexity index is 480. The van der Waals surface area contributed by atoms with Crippen LogP contribution >= 0.6 is 11.6 Å². The predicted octanol–water partition coefficient (Wildman–Crippen LogP) is 4.03. The molecule has 1 rings (SSSR count). The molecule has 19 heavy (non-hydrogen) atoms. The fourth-order valence-corrected chi connectivity index (χ4v) is 1.35. The highest BCUT2D eigenvalue weighted by Gasteiger charge is 2.36. The maximum absolute atomic E-state index is 12.4. The van der Waals surface area contributed by atoms with Gasteiger partial charge >= 0.3 is 12.5 Å². The maximum atomic E-state index is 12.4. The Balaban J connectivity index is 3.30. The molecule has 0 aliphatic heterocycles. The lowest BCUT2D eigenvalue weighted by Gasteiger charge is -2.14. The van der Waals surface area contributed by atoms with Crippen molar-refractivity contribution >= 4 is 17.4 Å². The van der Waals surface area contributed by atoms with E-state index in [1.165, 1.54) is 0 Å². The maximum Gasteiger partial charge on any atom is 0.573 e. The second kappa shape index (κ2) is 5.28. The molecule has 0 aromatic heterocycles. The summed E-state index contributed by atoms with van der Waals surface area (Å²) < 4.78 is 76.7. The first-order valence-corrected chi connectivity index (χ1v) is 5.14. The number of hydrogen-bond donors (Lipinski definition) is 0. The Morgan fingerprint density at radius 2 is 1.74 bits per heavy atom. The van der Waals surface area contributed by atoms with Gasteiger partial charge in [0.1, 0.15) is 5.75 Å². The van der Waals surface area contributed by atoms with Crippen LogP contribution in [0.1, 0.15) is 15.9 Å². The average molecular weight is 307 g/mol. The topological polar surface area (TPSA) is 26.3 Å². The van der Waals surface area contributed by atoms with Crippen LogP contribution in [0.15, 0.2) is 18.2 Å². The molecule has 1 aromatic carbocycles. The van der Waals surface area contributed by atoms with Crippen LogP contribution in [0.25, 0.3) is 0 Å². The molecule has 0 radical (unpaired) electrons. The molecule has 0 bridgehead atoms. The van der Waals surface area contributed by atoms with E-state index in [9.17, 15) is 31.1 Å². The molecule has 0 heterocycles. The highest BCUT2D eigenvalue weighted by atomic mass is 35.5. The molecule has 0 N–H and O–H groups in total. The number of halogens is 7. The molecular weight excluding hydrogens is 302 g/mol. The molecule has 9 heteroatoms. The number of benzene rings is 1. The third-order valence-corrected chi connectivity index (χ3v) is 2.20. The molecule has 0 amide bonds. The van der Waals surface area contributed by atoms with Crippen molar-refractivity contribution in [3.63, 3.8) is 0 Å². The highest BCUT2D eigenvalue weighted by molar-refractivity contribution is 6.30. The van der Waals surface area contributed by atoms with Gasteiger partial charge < -0.3 is 4.74 Å². The molecule has 1 aromatic rings. The molecule has 0 aliphatic rings. The van der Waals surface area contributed by atoms with Crippen LogP contribution in [-0.2, 0) is 6.18 Å². The summed E-state index contributed by atoms with van der Waals surface area (Å²) in [6.07, 6.45) is -10.1. The van der Waals surface area contributed by atoms with Crippen molar-refractivity contribution in [1.82, 2.24) is 0 Å². The lowest BCUT2D eigenvalue weighted by molar-refractivity contribution is -0.274. The first-order valence-electron chi connectivity index (χ1n) is 4.61.